The molecule has 0 unspecified atom stereocenters. The molecule has 98 valence electrons. The highest BCUT2D eigenvalue weighted by Gasteiger charge is 2.54. The molecule has 1 heterocycles. The molecule has 0 bridgehead atoms. The number of likely N-dealkylation sites (tertiary alicyclic amines) is 1. The van der Waals surface area contributed by atoms with Gasteiger partial charge in [-0.25, -0.2) is 0 Å². The first-order chi connectivity index (χ1) is 7.98. The molecule has 4 atom stereocenters. The van der Waals surface area contributed by atoms with Crippen LogP contribution in [0.3, 0.4) is 0 Å². The number of carbonyl (C=O) groups excluding carboxylic acids is 1. The molecule has 2 aliphatic rings. The molecule has 2 N–H and O–H groups in total. The van der Waals surface area contributed by atoms with E-state index in [0.29, 0.717) is 23.2 Å². The molecule has 0 spiro atoms. The van der Waals surface area contributed by atoms with Gasteiger partial charge in [-0.1, -0.05) is 13.8 Å². The first-order valence-corrected chi connectivity index (χ1v) is 7.02. The van der Waals surface area contributed by atoms with Gasteiger partial charge in [0.25, 0.3) is 0 Å². The summed E-state index contributed by atoms with van der Waals surface area (Å²) in [5.74, 6) is 1.18. The van der Waals surface area contributed by atoms with Gasteiger partial charge >= 0.3 is 0 Å². The van der Waals surface area contributed by atoms with Crippen molar-refractivity contribution in [1.29, 1.82) is 0 Å². The maximum atomic E-state index is 12.4. The minimum atomic E-state index is 0.211. The summed E-state index contributed by atoms with van der Waals surface area (Å²) in [6, 6.07) is 0.211. The Morgan fingerprint density at radius 3 is 2.82 bits per heavy atom. The molecule has 0 aromatic carbocycles. The highest BCUT2D eigenvalue weighted by atomic mass is 16.2. The summed E-state index contributed by atoms with van der Waals surface area (Å²) < 4.78 is 0. The minimum absolute atomic E-state index is 0.211. The standard InChI is InChI=1S/C14H26N2O/c1-4-14(3)8-12(14)13(17)16-7-5-6-11(9-16)10(2)15/h10-12H,4-9,15H2,1-3H3/t10-,11-,12-,14-/m1/s1. The van der Waals surface area contributed by atoms with Crippen LogP contribution >= 0.6 is 0 Å². The lowest BCUT2D eigenvalue weighted by molar-refractivity contribution is -0.135. The molecule has 1 saturated heterocycles. The zero-order valence-corrected chi connectivity index (χ0v) is 11.4. The van der Waals surface area contributed by atoms with E-state index < -0.39 is 0 Å². The normalized spacial score (nSPS) is 38.9. The van der Waals surface area contributed by atoms with Crippen molar-refractivity contribution in [2.75, 3.05) is 13.1 Å². The van der Waals surface area contributed by atoms with E-state index in [1.54, 1.807) is 0 Å². The van der Waals surface area contributed by atoms with Crippen LogP contribution in [0.1, 0.15) is 46.5 Å². The van der Waals surface area contributed by atoms with Crippen molar-refractivity contribution in [3.63, 3.8) is 0 Å². The first kappa shape index (κ1) is 12.9. The monoisotopic (exact) mass is 238 g/mol. The molecule has 0 aromatic heterocycles. The lowest BCUT2D eigenvalue weighted by Gasteiger charge is -2.35. The summed E-state index contributed by atoms with van der Waals surface area (Å²) in [5.41, 5.74) is 6.25. The molecule has 0 aromatic rings. The second kappa shape index (κ2) is 4.60. The second-order valence-electron chi connectivity index (χ2n) is 6.31. The molecule has 1 amide bonds. The third-order valence-electron chi connectivity index (χ3n) is 4.97. The van der Waals surface area contributed by atoms with Gasteiger partial charge in [0, 0.05) is 25.0 Å². The Bertz CT molecular complexity index is 303. The molecular weight excluding hydrogens is 212 g/mol. The average molecular weight is 238 g/mol. The van der Waals surface area contributed by atoms with Gasteiger partial charge in [-0.15, -0.1) is 0 Å². The number of hydrogen-bond acceptors (Lipinski definition) is 2. The first-order valence-electron chi connectivity index (χ1n) is 7.02. The van der Waals surface area contributed by atoms with E-state index >= 15 is 0 Å². The topological polar surface area (TPSA) is 46.3 Å². The fourth-order valence-electron chi connectivity index (χ4n) is 3.04. The van der Waals surface area contributed by atoms with Crippen LogP contribution in [0.4, 0.5) is 0 Å². The van der Waals surface area contributed by atoms with Gasteiger partial charge in [-0.2, -0.15) is 0 Å². The maximum Gasteiger partial charge on any atom is 0.226 e. The van der Waals surface area contributed by atoms with Crippen molar-refractivity contribution in [2.24, 2.45) is 23.0 Å². The van der Waals surface area contributed by atoms with Gasteiger partial charge in [-0.3, -0.25) is 4.79 Å². The van der Waals surface area contributed by atoms with Gasteiger partial charge in [0.2, 0.25) is 5.91 Å². The van der Waals surface area contributed by atoms with Crippen LogP contribution in [-0.2, 0) is 4.79 Å². The van der Waals surface area contributed by atoms with E-state index in [1.165, 1.54) is 6.42 Å². The maximum absolute atomic E-state index is 12.4. The number of piperidine rings is 1. The van der Waals surface area contributed by atoms with Gasteiger partial charge in [0.1, 0.15) is 0 Å². The van der Waals surface area contributed by atoms with Crippen LogP contribution in [0.15, 0.2) is 0 Å². The predicted molar refractivity (Wildman–Crippen MR) is 69.5 cm³/mol. The molecule has 1 aliphatic carbocycles. The van der Waals surface area contributed by atoms with E-state index in [9.17, 15) is 4.79 Å². The predicted octanol–water partition coefficient (Wildman–Crippen LogP) is 2.01. The Kier molecular flexibility index (Phi) is 3.48. The Morgan fingerprint density at radius 1 is 1.59 bits per heavy atom. The van der Waals surface area contributed by atoms with Crippen LogP contribution in [0.25, 0.3) is 0 Å². The fraction of sp³-hybridized carbons (Fsp3) is 0.929. The van der Waals surface area contributed by atoms with Gasteiger partial charge in [-0.05, 0) is 43.9 Å². The Morgan fingerprint density at radius 2 is 2.29 bits per heavy atom. The quantitative estimate of drug-likeness (QED) is 0.817. The van der Waals surface area contributed by atoms with Gasteiger partial charge < -0.3 is 10.6 Å². The molecule has 1 aliphatic heterocycles. The van der Waals surface area contributed by atoms with Crippen LogP contribution in [0, 0.1) is 17.3 Å². The van der Waals surface area contributed by atoms with Crippen LogP contribution < -0.4 is 5.73 Å². The van der Waals surface area contributed by atoms with Crippen LogP contribution in [0.2, 0.25) is 0 Å². The molecular formula is C14H26N2O. The zero-order chi connectivity index (χ0) is 12.6. The van der Waals surface area contributed by atoms with Gasteiger partial charge in [0.05, 0.1) is 0 Å². The number of nitrogens with two attached hydrogens (primary N) is 1. The molecule has 3 nitrogen and oxygen atoms in total. The van der Waals surface area contributed by atoms with Crippen LogP contribution in [0.5, 0.6) is 0 Å². The summed E-state index contributed by atoms with van der Waals surface area (Å²) in [6.07, 6.45) is 4.50. The number of amides is 1. The van der Waals surface area contributed by atoms with E-state index in [1.807, 2.05) is 0 Å². The number of rotatable bonds is 3. The highest BCUT2D eigenvalue weighted by Crippen LogP contribution is 2.55. The molecule has 0 radical (unpaired) electrons. The third kappa shape index (κ3) is 2.49. The summed E-state index contributed by atoms with van der Waals surface area (Å²) in [6.45, 7) is 8.31. The second-order valence-corrected chi connectivity index (χ2v) is 6.31. The van der Waals surface area contributed by atoms with Crippen molar-refractivity contribution in [2.45, 2.75) is 52.5 Å². The number of hydrogen-bond donors (Lipinski definition) is 1. The highest BCUT2D eigenvalue weighted by molar-refractivity contribution is 5.82. The lowest BCUT2D eigenvalue weighted by Crippen LogP contribution is -2.46. The fourth-order valence-corrected chi connectivity index (χ4v) is 3.04. The molecule has 2 rings (SSSR count). The Balaban J connectivity index is 1.92. The number of nitrogens with zero attached hydrogens (tertiary/aromatic N) is 1. The lowest BCUT2D eigenvalue weighted by atomic mass is 9.91. The van der Waals surface area contributed by atoms with E-state index in [2.05, 4.69) is 25.7 Å². The molecule has 17 heavy (non-hydrogen) atoms. The van der Waals surface area contributed by atoms with Crippen molar-refractivity contribution in [3.05, 3.63) is 0 Å². The minimum Gasteiger partial charge on any atom is -0.342 e. The van der Waals surface area contributed by atoms with Crippen molar-refractivity contribution < 1.29 is 4.79 Å². The van der Waals surface area contributed by atoms with Crippen LogP contribution in [-0.4, -0.2) is 29.9 Å². The van der Waals surface area contributed by atoms with E-state index in [-0.39, 0.29) is 6.04 Å². The molecule has 3 heteroatoms. The van der Waals surface area contributed by atoms with Gasteiger partial charge in [0.15, 0.2) is 0 Å². The smallest absolute Gasteiger partial charge is 0.226 e. The largest absolute Gasteiger partial charge is 0.342 e. The van der Waals surface area contributed by atoms with E-state index in [4.69, 9.17) is 5.73 Å². The zero-order valence-electron chi connectivity index (χ0n) is 11.4. The van der Waals surface area contributed by atoms with E-state index in [0.717, 1.165) is 32.4 Å². The van der Waals surface area contributed by atoms with Crippen molar-refractivity contribution in [1.82, 2.24) is 4.90 Å². The average Bonchev–Trinajstić information content (AvgIpc) is 3.01. The summed E-state index contributed by atoms with van der Waals surface area (Å²) >= 11 is 0. The third-order valence-corrected chi connectivity index (χ3v) is 4.97. The Hall–Kier alpha value is -0.570. The summed E-state index contributed by atoms with van der Waals surface area (Å²) in [4.78, 5) is 14.5. The molecule has 2 fully saturated rings. The number of carbonyl (C=O) groups is 1. The summed E-state index contributed by atoms with van der Waals surface area (Å²) in [7, 11) is 0. The Labute approximate surface area is 105 Å². The van der Waals surface area contributed by atoms with Crippen molar-refractivity contribution >= 4 is 5.91 Å². The summed E-state index contributed by atoms with van der Waals surface area (Å²) in [5, 5.41) is 0. The molecule has 1 saturated carbocycles. The SMILES string of the molecule is CC[C@]1(C)C[C@@H]1C(=O)N1CCC[C@@H]([C@@H](C)N)C1. The van der Waals surface area contributed by atoms with Crippen molar-refractivity contribution in [3.8, 4) is 0 Å².